The smallest absolute Gasteiger partial charge is 0.300 e. The zero-order valence-corrected chi connectivity index (χ0v) is 8.84. The number of Topliss-reactive ketones (excluding diaryl/α,β-unsaturated/α-hetero) is 1. The molecule has 0 aromatic carbocycles. The molecule has 0 aromatic rings. The molecule has 84 valence electrons. The molecule has 0 unspecified atom stereocenters. The van der Waals surface area contributed by atoms with Crippen LogP contribution in [0.4, 0.5) is 0 Å². The molecule has 4 nitrogen and oxygen atoms in total. The fourth-order valence-corrected chi connectivity index (χ4v) is 0. The highest BCUT2D eigenvalue weighted by molar-refractivity contribution is 5.72. The molecule has 0 amide bonds. The Hall–Kier alpha value is -0.900. The fraction of sp³-hybridized carbons (Fsp3) is 0.778. The van der Waals surface area contributed by atoms with Gasteiger partial charge in [-0.15, -0.1) is 0 Å². The van der Waals surface area contributed by atoms with Gasteiger partial charge in [-0.2, -0.15) is 0 Å². The molecule has 0 aliphatic heterocycles. The van der Waals surface area contributed by atoms with Crippen molar-refractivity contribution >= 4 is 11.8 Å². The summed E-state index contributed by atoms with van der Waals surface area (Å²) in [6.45, 7) is 8.14. The minimum absolute atomic E-state index is 0. The van der Waals surface area contributed by atoms with Crippen LogP contribution in [0.25, 0.3) is 0 Å². The number of carboxylic acids is 1. The molecule has 0 spiro atoms. The van der Waals surface area contributed by atoms with Crippen LogP contribution in [0.15, 0.2) is 0 Å². The number of aliphatic carboxylic acids is 1. The van der Waals surface area contributed by atoms with Crippen LogP contribution in [0.1, 0.15) is 42.0 Å². The summed E-state index contributed by atoms with van der Waals surface area (Å²) in [4.78, 5) is 18.4. The molecular formula is C9H25NO3. The van der Waals surface area contributed by atoms with Crippen LogP contribution in [0.3, 0.4) is 0 Å². The first kappa shape index (κ1) is 29.6. The molecule has 0 heterocycles. The van der Waals surface area contributed by atoms with Crippen molar-refractivity contribution < 1.29 is 14.7 Å². The maximum atomic E-state index is 9.44. The number of carbonyl (C=O) groups is 2. The zero-order chi connectivity index (χ0) is 11.2. The van der Waals surface area contributed by atoms with Gasteiger partial charge in [0.1, 0.15) is 5.78 Å². The van der Waals surface area contributed by atoms with Gasteiger partial charge in [-0.3, -0.25) is 4.79 Å². The lowest BCUT2D eigenvalue weighted by Crippen LogP contribution is -1.78. The lowest BCUT2D eigenvalue weighted by Gasteiger charge is -1.59. The average Bonchev–Trinajstić information content (AvgIpc) is 1.93. The summed E-state index contributed by atoms with van der Waals surface area (Å²) < 4.78 is 0. The van der Waals surface area contributed by atoms with Crippen molar-refractivity contribution in [3.05, 3.63) is 0 Å². The third kappa shape index (κ3) is 1130. The lowest BCUT2D eigenvalue weighted by atomic mass is 10.6. The van der Waals surface area contributed by atoms with E-state index in [2.05, 4.69) is 5.73 Å². The topological polar surface area (TPSA) is 80.4 Å². The number of ketones is 1. The van der Waals surface area contributed by atoms with E-state index in [9.17, 15) is 4.79 Å². The number of hydrogen-bond acceptors (Lipinski definition) is 3. The van der Waals surface area contributed by atoms with Crippen LogP contribution in [0, 0.1) is 0 Å². The number of nitrogens with two attached hydrogens (primary N) is 1. The van der Waals surface area contributed by atoms with Crippen molar-refractivity contribution in [1.82, 2.24) is 0 Å². The molecule has 13 heavy (non-hydrogen) atoms. The van der Waals surface area contributed by atoms with Gasteiger partial charge in [0.2, 0.25) is 0 Å². The third-order valence-electron chi connectivity index (χ3n) is 0. The number of rotatable bonds is 0. The van der Waals surface area contributed by atoms with E-state index in [-0.39, 0.29) is 13.2 Å². The Kier molecular flexibility index (Phi) is 99.0. The Morgan fingerprint density at radius 2 is 1.00 bits per heavy atom. The second kappa shape index (κ2) is 43.5. The minimum atomic E-state index is -0.833. The van der Waals surface area contributed by atoms with E-state index in [4.69, 9.17) is 9.90 Å². The Labute approximate surface area is 82.1 Å². The van der Waals surface area contributed by atoms with Crippen molar-refractivity contribution in [2.75, 3.05) is 7.05 Å². The predicted molar refractivity (Wildman–Crippen MR) is 57.9 cm³/mol. The first-order valence-electron chi connectivity index (χ1n) is 3.71. The van der Waals surface area contributed by atoms with Gasteiger partial charge in [-0.25, -0.2) is 0 Å². The molecular weight excluding hydrogens is 170 g/mol. The van der Waals surface area contributed by atoms with Crippen LogP contribution in [0.5, 0.6) is 0 Å². The van der Waals surface area contributed by atoms with Gasteiger partial charge in [0, 0.05) is 6.92 Å². The molecule has 0 bridgehead atoms. The van der Waals surface area contributed by atoms with Crippen molar-refractivity contribution in [1.29, 1.82) is 0 Å². The zero-order valence-electron chi connectivity index (χ0n) is 8.84. The first-order chi connectivity index (χ1) is 5.46. The monoisotopic (exact) mass is 195 g/mol. The molecule has 0 aliphatic carbocycles. The average molecular weight is 195 g/mol. The lowest BCUT2D eigenvalue weighted by molar-refractivity contribution is -0.134. The first-order valence-corrected chi connectivity index (χ1v) is 3.71. The van der Waals surface area contributed by atoms with E-state index in [0.29, 0.717) is 0 Å². The number of carboxylic acid groups (broad SMARTS) is 1. The van der Waals surface area contributed by atoms with E-state index < -0.39 is 5.97 Å². The molecule has 0 fully saturated rings. The van der Waals surface area contributed by atoms with Gasteiger partial charge < -0.3 is 15.6 Å². The van der Waals surface area contributed by atoms with Gasteiger partial charge in [0.25, 0.3) is 5.97 Å². The molecule has 0 aromatic heterocycles. The van der Waals surface area contributed by atoms with Gasteiger partial charge in [-0.1, -0.05) is 21.3 Å². The maximum absolute atomic E-state index is 9.44. The Bertz CT molecular complexity index is 72.9. The van der Waals surface area contributed by atoms with E-state index in [1.807, 2.05) is 13.8 Å². The van der Waals surface area contributed by atoms with Gasteiger partial charge in [0.15, 0.2) is 0 Å². The predicted octanol–water partition coefficient (Wildman–Crippen LogP) is 1.92. The van der Waals surface area contributed by atoms with E-state index in [0.717, 1.165) is 6.92 Å². The molecule has 4 heteroatoms. The highest BCUT2D eigenvalue weighted by Crippen LogP contribution is 1.50. The van der Waals surface area contributed by atoms with Crippen LogP contribution in [-0.4, -0.2) is 23.9 Å². The van der Waals surface area contributed by atoms with Crippen molar-refractivity contribution in [3.63, 3.8) is 0 Å². The Balaban J connectivity index is -0.0000000226. The van der Waals surface area contributed by atoms with Gasteiger partial charge >= 0.3 is 0 Å². The molecule has 0 saturated carbocycles. The standard InChI is InChI=1S/C3H6O.C2H4O2.C2H6.CH5N.CH4/c1-3(2)4;1-2(3)4;2*1-2;/h1-2H3;1H3,(H,3,4);1-2H3;2H2,1H3;1H4. The summed E-state index contributed by atoms with van der Waals surface area (Å²) in [7, 11) is 1.50. The summed E-state index contributed by atoms with van der Waals surface area (Å²) >= 11 is 0. The van der Waals surface area contributed by atoms with E-state index >= 15 is 0 Å². The van der Waals surface area contributed by atoms with Crippen molar-refractivity contribution in [3.8, 4) is 0 Å². The third-order valence-corrected chi connectivity index (χ3v) is 0. The van der Waals surface area contributed by atoms with E-state index in [1.54, 1.807) is 0 Å². The molecule has 0 rings (SSSR count). The van der Waals surface area contributed by atoms with Crippen molar-refractivity contribution in [2.45, 2.75) is 42.0 Å². The molecule has 0 radical (unpaired) electrons. The summed E-state index contributed by atoms with van der Waals surface area (Å²) in [5.41, 5.74) is 4.50. The van der Waals surface area contributed by atoms with Crippen molar-refractivity contribution in [2.24, 2.45) is 5.73 Å². The number of carbonyl (C=O) groups excluding carboxylic acids is 1. The second-order valence-corrected chi connectivity index (χ2v) is 1.43. The van der Waals surface area contributed by atoms with Gasteiger partial charge in [0.05, 0.1) is 0 Å². The SMILES string of the molecule is C.CC.CC(=O)O.CC(C)=O.CN. The minimum Gasteiger partial charge on any atom is -0.481 e. The molecule has 0 aliphatic rings. The highest BCUT2D eigenvalue weighted by atomic mass is 16.4. The molecule has 0 atom stereocenters. The number of hydrogen-bond donors (Lipinski definition) is 2. The van der Waals surface area contributed by atoms with Crippen LogP contribution in [0.2, 0.25) is 0 Å². The largest absolute Gasteiger partial charge is 0.481 e. The highest BCUT2D eigenvalue weighted by Gasteiger charge is 1.65. The van der Waals surface area contributed by atoms with Crippen LogP contribution >= 0.6 is 0 Å². The second-order valence-electron chi connectivity index (χ2n) is 1.43. The molecule has 3 N–H and O–H groups in total. The summed E-state index contributed by atoms with van der Waals surface area (Å²) in [5, 5.41) is 7.42. The summed E-state index contributed by atoms with van der Waals surface area (Å²) in [6, 6.07) is 0. The Morgan fingerprint density at radius 3 is 1.00 bits per heavy atom. The van der Waals surface area contributed by atoms with Gasteiger partial charge in [-0.05, 0) is 20.9 Å². The van der Waals surface area contributed by atoms with Crippen LogP contribution in [-0.2, 0) is 9.59 Å². The van der Waals surface area contributed by atoms with E-state index in [1.165, 1.54) is 20.9 Å². The summed E-state index contributed by atoms with van der Waals surface area (Å²) in [6.07, 6.45) is 0. The maximum Gasteiger partial charge on any atom is 0.300 e. The normalized spacial score (nSPS) is 4.85. The molecule has 0 saturated heterocycles. The fourth-order valence-electron chi connectivity index (χ4n) is 0. The quantitative estimate of drug-likeness (QED) is 0.619. The Morgan fingerprint density at radius 1 is 1.00 bits per heavy atom. The summed E-state index contributed by atoms with van der Waals surface area (Å²) in [5.74, 6) is -0.667. The van der Waals surface area contributed by atoms with Crippen LogP contribution < -0.4 is 5.73 Å².